The normalized spacial score (nSPS) is 0. The van der Waals surface area contributed by atoms with E-state index in [0.29, 0.717) is 0 Å². The molecule has 11 radical (unpaired) electrons. The summed E-state index contributed by atoms with van der Waals surface area (Å²) >= 11 is 0. The first-order valence-electron chi connectivity index (χ1n) is 0. The van der Waals surface area contributed by atoms with E-state index in [0.717, 1.165) is 0 Å². The van der Waals surface area contributed by atoms with Crippen molar-refractivity contribution in [2.24, 2.45) is 0 Å². The third-order valence-electron chi connectivity index (χ3n) is 0. The summed E-state index contributed by atoms with van der Waals surface area (Å²) in [7, 11) is 0. The van der Waals surface area contributed by atoms with Crippen molar-refractivity contribution < 1.29 is 17.1 Å². The zero-order valence-corrected chi connectivity index (χ0v) is 5.09. The van der Waals surface area contributed by atoms with Crippen LogP contribution in [0.1, 0.15) is 0 Å². The van der Waals surface area contributed by atoms with Crippen molar-refractivity contribution in [3.05, 3.63) is 0 Å². The van der Waals surface area contributed by atoms with E-state index in [2.05, 4.69) is 0 Å². The smallest absolute Gasteiger partial charge is 0 e. The van der Waals surface area contributed by atoms with Crippen LogP contribution in [0.25, 0.3) is 0 Å². The Kier molecular flexibility index (Phi) is 2630. The Morgan fingerprint density at radius 1 is 0.333 bits per heavy atom. The molecule has 0 saturated heterocycles. The summed E-state index contributed by atoms with van der Waals surface area (Å²) < 4.78 is 0. The third-order valence-corrected chi connectivity index (χ3v) is 0. The molecular weight excluding hydrogens is 100.0 g/mol. The molecule has 0 aliphatic rings. The SMILES string of the molecule is [Be].[Be].[Be].[Be].[Be].[Mn]. The quantitative estimate of drug-likeness (QED) is 0.312. The summed E-state index contributed by atoms with van der Waals surface area (Å²) in [5, 5.41) is 0. The molecule has 0 bridgehead atoms. The fourth-order valence-corrected chi connectivity index (χ4v) is 0. The topological polar surface area (TPSA) is 0 Å². The minimum atomic E-state index is 0. The maximum Gasteiger partial charge on any atom is 0 e. The Balaban J connectivity index is 0. The summed E-state index contributed by atoms with van der Waals surface area (Å²) in [6.45, 7) is 0. The first-order valence-corrected chi connectivity index (χ1v) is 0. The fraction of sp³-hybridized carbons (Fsp3) is 0. The molecule has 0 aliphatic heterocycles. The van der Waals surface area contributed by atoms with Crippen LogP contribution in [0.2, 0.25) is 0 Å². The van der Waals surface area contributed by atoms with E-state index in [-0.39, 0.29) is 67.7 Å². The van der Waals surface area contributed by atoms with Crippen molar-refractivity contribution in [2.45, 2.75) is 0 Å². The van der Waals surface area contributed by atoms with E-state index in [9.17, 15) is 0 Å². The third kappa shape index (κ3) is 54.9. The van der Waals surface area contributed by atoms with E-state index < -0.39 is 0 Å². The molecule has 0 aromatic carbocycles. The molecule has 17 valence electrons. The van der Waals surface area contributed by atoms with E-state index >= 15 is 0 Å². The Morgan fingerprint density at radius 2 is 0.333 bits per heavy atom. The largest absolute Gasteiger partial charge is 0 e. The molecule has 0 spiro atoms. The van der Waals surface area contributed by atoms with Gasteiger partial charge in [-0.05, 0) is 0 Å². The van der Waals surface area contributed by atoms with Crippen molar-refractivity contribution in [3.8, 4) is 0 Å². The van der Waals surface area contributed by atoms with Gasteiger partial charge in [-0.2, -0.15) is 0 Å². The van der Waals surface area contributed by atoms with Gasteiger partial charge < -0.3 is 0 Å². The molecule has 6 heavy (non-hydrogen) atoms. The van der Waals surface area contributed by atoms with Gasteiger partial charge in [0.1, 0.15) is 0 Å². The Labute approximate surface area is 67.8 Å². The van der Waals surface area contributed by atoms with Crippen molar-refractivity contribution in [1.82, 2.24) is 0 Å². The van der Waals surface area contributed by atoms with Gasteiger partial charge in [-0.1, -0.05) is 0 Å². The average molecular weight is 100.0 g/mol. The predicted molar refractivity (Wildman–Crippen MR) is 28.8 cm³/mol. The number of hydrogen-bond acceptors (Lipinski definition) is 0. The first-order chi connectivity index (χ1) is 0. The fourth-order valence-electron chi connectivity index (χ4n) is 0. The molecule has 0 amide bonds. The number of hydrogen-bond donors (Lipinski definition) is 0. The number of rotatable bonds is 0. The molecule has 0 atom stereocenters. The van der Waals surface area contributed by atoms with Gasteiger partial charge in [-0.15, -0.1) is 0 Å². The van der Waals surface area contributed by atoms with Gasteiger partial charge in [-0.25, -0.2) is 0 Å². The molecule has 6 heteroatoms. The van der Waals surface area contributed by atoms with Crippen molar-refractivity contribution in [3.63, 3.8) is 0 Å². The van der Waals surface area contributed by atoms with Gasteiger partial charge in [0.05, 0.1) is 0 Å². The second kappa shape index (κ2) is 98.5. The molecule has 0 unspecified atom stereocenters. The van der Waals surface area contributed by atoms with Gasteiger partial charge in [0.2, 0.25) is 0 Å². The Morgan fingerprint density at radius 3 is 0.333 bits per heavy atom. The van der Waals surface area contributed by atoms with Crippen LogP contribution < -0.4 is 0 Å². The zero-order valence-electron chi connectivity index (χ0n) is 3.91. The van der Waals surface area contributed by atoms with Gasteiger partial charge >= 0.3 is 0 Å². The second-order valence-electron chi connectivity index (χ2n) is 0. The minimum Gasteiger partial charge on any atom is 0 e. The molecule has 0 N–H and O–H groups in total. The molecule has 0 fully saturated rings. The van der Waals surface area contributed by atoms with Gasteiger partial charge in [-0.3, -0.25) is 0 Å². The summed E-state index contributed by atoms with van der Waals surface area (Å²) in [6, 6.07) is 0. The molecule has 0 nitrogen and oxygen atoms in total. The average Bonchev–Trinajstić information content (AvgIpc) is 0. The van der Waals surface area contributed by atoms with Crippen molar-refractivity contribution in [2.75, 3.05) is 0 Å². The standard InChI is InChI=1S/5Be.Mn. The summed E-state index contributed by atoms with van der Waals surface area (Å²) in [4.78, 5) is 0. The first kappa shape index (κ1) is 160. The van der Waals surface area contributed by atoms with Crippen molar-refractivity contribution >= 4 is 50.6 Å². The van der Waals surface area contributed by atoms with Gasteiger partial charge in [0.15, 0.2) is 0 Å². The van der Waals surface area contributed by atoms with Crippen LogP contribution in [0, 0.1) is 0 Å². The minimum absolute atomic E-state index is 0. The van der Waals surface area contributed by atoms with Gasteiger partial charge in [0.25, 0.3) is 0 Å². The van der Waals surface area contributed by atoms with E-state index in [1.807, 2.05) is 0 Å². The zero-order chi connectivity index (χ0) is 0. The van der Waals surface area contributed by atoms with Crippen LogP contribution in [-0.2, 0) is 17.1 Å². The monoisotopic (exact) mass is 100.0 g/mol. The maximum absolute atomic E-state index is 0. The van der Waals surface area contributed by atoms with E-state index in [1.165, 1.54) is 0 Å². The molecular formula is Be5Mn. The molecule has 0 aliphatic carbocycles. The van der Waals surface area contributed by atoms with Crippen LogP contribution in [0.5, 0.6) is 0 Å². The molecule has 0 aromatic rings. The van der Waals surface area contributed by atoms with E-state index in [1.54, 1.807) is 0 Å². The molecule has 0 heterocycles. The Hall–Kier alpha value is 1.36. The summed E-state index contributed by atoms with van der Waals surface area (Å²) in [5.74, 6) is 0. The van der Waals surface area contributed by atoms with E-state index in [4.69, 9.17) is 0 Å². The predicted octanol–water partition coefficient (Wildman–Crippen LogP) is -1.91. The molecule has 0 rings (SSSR count). The molecule has 0 aromatic heterocycles. The summed E-state index contributed by atoms with van der Waals surface area (Å²) in [5.41, 5.74) is 0. The van der Waals surface area contributed by atoms with Crippen LogP contribution in [-0.4, -0.2) is 50.6 Å². The van der Waals surface area contributed by atoms with Gasteiger partial charge in [0, 0.05) is 67.7 Å². The van der Waals surface area contributed by atoms with Crippen molar-refractivity contribution in [1.29, 1.82) is 0 Å². The maximum atomic E-state index is 0. The van der Waals surface area contributed by atoms with Crippen LogP contribution in [0.15, 0.2) is 0 Å². The van der Waals surface area contributed by atoms with Crippen LogP contribution in [0.4, 0.5) is 0 Å². The second-order valence-corrected chi connectivity index (χ2v) is 0. The van der Waals surface area contributed by atoms with Crippen LogP contribution in [0.3, 0.4) is 0 Å². The molecule has 0 saturated carbocycles. The Bertz CT molecular complexity index is 3.90. The summed E-state index contributed by atoms with van der Waals surface area (Å²) in [6.07, 6.45) is 0. The van der Waals surface area contributed by atoms with Crippen LogP contribution >= 0.6 is 0 Å².